The summed E-state index contributed by atoms with van der Waals surface area (Å²) in [5.41, 5.74) is 6.22. The van der Waals surface area contributed by atoms with Crippen molar-refractivity contribution in [3.63, 3.8) is 0 Å². The summed E-state index contributed by atoms with van der Waals surface area (Å²) in [4.78, 5) is 12.5. The lowest BCUT2D eigenvalue weighted by molar-refractivity contribution is -0.143. The van der Waals surface area contributed by atoms with E-state index in [0.29, 0.717) is 0 Å². The molecule has 0 fully saturated rings. The van der Waals surface area contributed by atoms with Crippen molar-refractivity contribution in [2.24, 2.45) is 5.92 Å². The standard InChI is InChI=1S/C20H43N3O/c1-5-9-10-11-12-13-14-15-16-17-18-19(6-2)20(24)23(21-7-3)22-8-4/h19,21-22H,5-18H2,1-4H3. The van der Waals surface area contributed by atoms with E-state index in [-0.39, 0.29) is 11.8 Å². The molecule has 0 radical (unpaired) electrons. The third-order valence-corrected chi connectivity index (χ3v) is 4.60. The Kier molecular flexibility index (Phi) is 16.8. The van der Waals surface area contributed by atoms with Gasteiger partial charge in [0.15, 0.2) is 0 Å². The maximum absolute atomic E-state index is 12.5. The average molecular weight is 342 g/mol. The third kappa shape index (κ3) is 11.9. The number of carbonyl (C=O) groups is 1. The molecule has 0 aromatic carbocycles. The van der Waals surface area contributed by atoms with Crippen molar-refractivity contribution in [1.29, 1.82) is 0 Å². The molecule has 4 nitrogen and oxygen atoms in total. The van der Waals surface area contributed by atoms with E-state index in [1.807, 2.05) is 13.8 Å². The van der Waals surface area contributed by atoms with Gasteiger partial charge in [-0.25, -0.2) is 16.0 Å². The van der Waals surface area contributed by atoms with Crippen LogP contribution in [0.2, 0.25) is 0 Å². The number of hydrazine groups is 2. The van der Waals surface area contributed by atoms with E-state index < -0.39 is 0 Å². The molecule has 0 aromatic rings. The van der Waals surface area contributed by atoms with Crippen LogP contribution in [0.1, 0.15) is 105 Å². The topological polar surface area (TPSA) is 44.4 Å². The first-order chi connectivity index (χ1) is 11.7. The summed E-state index contributed by atoms with van der Waals surface area (Å²) in [7, 11) is 0. The van der Waals surface area contributed by atoms with Crippen molar-refractivity contribution in [2.75, 3.05) is 13.1 Å². The predicted molar refractivity (Wildman–Crippen MR) is 104 cm³/mol. The summed E-state index contributed by atoms with van der Waals surface area (Å²) < 4.78 is 0. The Bertz CT molecular complexity index is 278. The predicted octanol–water partition coefficient (Wildman–Crippen LogP) is 5.20. The van der Waals surface area contributed by atoms with Gasteiger partial charge in [0.1, 0.15) is 0 Å². The number of nitrogens with one attached hydrogen (secondary N) is 2. The molecule has 0 aromatic heterocycles. The second-order valence-corrected chi connectivity index (χ2v) is 6.77. The van der Waals surface area contributed by atoms with Crippen LogP contribution in [-0.4, -0.2) is 24.1 Å². The summed E-state index contributed by atoms with van der Waals surface area (Å²) >= 11 is 0. The quantitative estimate of drug-likeness (QED) is 0.282. The first-order valence-corrected chi connectivity index (χ1v) is 10.5. The number of carbonyl (C=O) groups excluding carboxylic acids is 1. The smallest absolute Gasteiger partial charge is 0.254 e. The highest BCUT2D eigenvalue weighted by Crippen LogP contribution is 2.17. The van der Waals surface area contributed by atoms with Gasteiger partial charge < -0.3 is 0 Å². The van der Waals surface area contributed by atoms with E-state index in [1.165, 1.54) is 64.2 Å². The van der Waals surface area contributed by atoms with Gasteiger partial charge in [0.2, 0.25) is 0 Å². The maximum Gasteiger partial charge on any atom is 0.254 e. The van der Waals surface area contributed by atoms with Crippen LogP contribution >= 0.6 is 0 Å². The molecule has 0 aliphatic carbocycles. The van der Waals surface area contributed by atoms with E-state index in [4.69, 9.17) is 0 Å². The molecule has 1 unspecified atom stereocenters. The summed E-state index contributed by atoms with van der Waals surface area (Å²) in [5, 5.41) is 1.60. The average Bonchev–Trinajstić information content (AvgIpc) is 2.59. The van der Waals surface area contributed by atoms with E-state index in [0.717, 1.165) is 25.9 Å². The van der Waals surface area contributed by atoms with Crippen LogP contribution in [0.4, 0.5) is 0 Å². The highest BCUT2D eigenvalue weighted by molar-refractivity contribution is 5.77. The Balaban J connectivity index is 3.79. The summed E-state index contributed by atoms with van der Waals surface area (Å²) in [5.74, 6) is 0.328. The first-order valence-electron chi connectivity index (χ1n) is 10.5. The van der Waals surface area contributed by atoms with Crippen molar-refractivity contribution in [1.82, 2.24) is 16.0 Å². The normalized spacial score (nSPS) is 12.3. The molecule has 0 heterocycles. The minimum absolute atomic E-state index is 0.136. The molecule has 0 rings (SSSR count). The van der Waals surface area contributed by atoms with Gasteiger partial charge in [-0.1, -0.05) is 91.9 Å². The highest BCUT2D eigenvalue weighted by atomic mass is 16.2. The van der Waals surface area contributed by atoms with Crippen molar-refractivity contribution in [2.45, 2.75) is 105 Å². The van der Waals surface area contributed by atoms with Crippen LogP contribution in [0.3, 0.4) is 0 Å². The number of hydrogen-bond donors (Lipinski definition) is 2. The number of nitrogens with zero attached hydrogens (tertiary/aromatic N) is 1. The van der Waals surface area contributed by atoms with Crippen molar-refractivity contribution in [3.8, 4) is 0 Å². The number of unbranched alkanes of at least 4 members (excludes halogenated alkanes) is 9. The molecular weight excluding hydrogens is 298 g/mol. The van der Waals surface area contributed by atoms with Crippen LogP contribution < -0.4 is 10.9 Å². The SMILES string of the molecule is CCCCCCCCCCCCC(CC)C(=O)N(NCC)NCC. The Labute approximate surface area is 151 Å². The molecule has 0 aliphatic rings. The second-order valence-electron chi connectivity index (χ2n) is 6.77. The molecule has 0 aliphatic heterocycles. The zero-order chi connectivity index (χ0) is 18.0. The molecule has 0 saturated heterocycles. The number of amides is 1. The van der Waals surface area contributed by atoms with E-state index in [2.05, 4.69) is 24.7 Å². The molecule has 4 heteroatoms. The van der Waals surface area contributed by atoms with Crippen LogP contribution in [0.5, 0.6) is 0 Å². The Morgan fingerprint density at radius 1 is 0.750 bits per heavy atom. The van der Waals surface area contributed by atoms with Crippen LogP contribution in [-0.2, 0) is 4.79 Å². The zero-order valence-electron chi connectivity index (χ0n) is 16.8. The van der Waals surface area contributed by atoms with Gasteiger partial charge >= 0.3 is 0 Å². The fourth-order valence-electron chi connectivity index (χ4n) is 3.09. The van der Waals surface area contributed by atoms with Crippen molar-refractivity contribution < 1.29 is 4.79 Å². The van der Waals surface area contributed by atoms with Gasteiger partial charge in [-0.15, -0.1) is 0 Å². The molecule has 1 amide bonds. The molecule has 2 N–H and O–H groups in total. The third-order valence-electron chi connectivity index (χ3n) is 4.60. The summed E-state index contributed by atoms with van der Waals surface area (Å²) in [6.07, 6.45) is 15.4. The largest absolute Gasteiger partial charge is 0.272 e. The van der Waals surface area contributed by atoms with E-state index >= 15 is 0 Å². The molecular formula is C20H43N3O. The number of hydrogen-bond acceptors (Lipinski definition) is 3. The zero-order valence-corrected chi connectivity index (χ0v) is 16.8. The van der Waals surface area contributed by atoms with Gasteiger partial charge in [-0.3, -0.25) is 4.79 Å². The van der Waals surface area contributed by atoms with Gasteiger partial charge in [0, 0.05) is 19.0 Å². The lowest BCUT2D eigenvalue weighted by Gasteiger charge is -2.27. The highest BCUT2D eigenvalue weighted by Gasteiger charge is 2.21. The Morgan fingerprint density at radius 2 is 1.21 bits per heavy atom. The second kappa shape index (κ2) is 17.2. The van der Waals surface area contributed by atoms with Crippen LogP contribution in [0.15, 0.2) is 0 Å². The Morgan fingerprint density at radius 3 is 1.62 bits per heavy atom. The molecule has 0 spiro atoms. The molecule has 1 atom stereocenters. The van der Waals surface area contributed by atoms with E-state index in [9.17, 15) is 4.79 Å². The summed E-state index contributed by atoms with van der Waals surface area (Å²) in [6.45, 7) is 9.93. The molecule has 144 valence electrons. The van der Waals surface area contributed by atoms with Gasteiger partial charge in [0.05, 0.1) is 0 Å². The number of rotatable bonds is 17. The van der Waals surface area contributed by atoms with Crippen LogP contribution in [0.25, 0.3) is 0 Å². The lowest BCUT2D eigenvalue weighted by atomic mass is 9.97. The monoisotopic (exact) mass is 341 g/mol. The fraction of sp³-hybridized carbons (Fsp3) is 0.950. The van der Waals surface area contributed by atoms with Crippen LogP contribution in [0, 0.1) is 5.92 Å². The minimum atomic E-state index is 0.136. The summed E-state index contributed by atoms with van der Waals surface area (Å²) in [6, 6.07) is 0. The lowest BCUT2D eigenvalue weighted by Crippen LogP contribution is -2.53. The molecule has 0 bridgehead atoms. The fourth-order valence-corrected chi connectivity index (χ4v) is 3.09. The van der Waals surface area contributed by atoms with Gasteiger partial charge in [-0.2, -0.15) is 0 Å². The Hall–Kier alpha value is -0.610. The molecule has 24 heavy (non-hydrogen) atoms. The van der Waals surface area contributed by atoms with Gasteiger partial charge in [0.25, 0.3) is 5.91 Å². The van der Waals surface area contributed by atoms with Crippen molar-refractivity contribution in [3.05, 3.63) is 0 Å². The van der Waals surface area contributed by atoms with Crippen molar-refractivity contribution >= 4 is 5.91 Å². The molecule has 0 saturated carbocycles. The minimum Gasteiger partial charge on any atom is -0.272 e. The van der Waals surface area contributed by atoms with Gasteiger partial charge in [-0.05, 0) is 12.8 Å². The first kappa shape index (κ1) is 23.4. The maximum atomic E-state index is 12.5. The van der Waals surface area contributed by atoms with E-state index in [1.54, 1.807) is 5.12 Å².